The minimum absolute atomic E-state index is 0.0516. The smallest absolute Gasteiger partial charge is 0.405 e. The molecule has 0 spiro atoms. The molecule has 0 aliphatic heterocycles. The van der Waals surface area contributed by atoms with E-state index in [9.17, 15) is 23.2 Å². The summed E-state index contributed by atoms with van der Waals surface area (Å²) in [6, 6.07) is 0.272. The molecule has 12 heteroatoms. The molecule has 0 fully saturated rings. The highest BCUT2D eigenvalue weighted by Crippen LogP contribution is 2.14. The van der Waals surface area contributed by atoms with Gasteiger partial charge in [-0.25, -0.2) is 13.6 Å². The molecule has 0 saturated carbocycles. The summed E-state index contributed by atoms with van der Waals surface area (Å²) in [6.07, 6.45) is -2.36. The quantitative estimate of drug-likeness (QED) is 0.288. The van der Waals surface area contributed by atoms with Crippen LogP contribution in [0.2, 0.25) is 0 Å². The highest BCUT2D eigenvalue weighted by Gasteiger charge is 2.32. The van der Waals surface area contributed by atoms with Crippen molar-refractivity contribution < 1.29 is 37.7 Å². The van der Waals surface area contributed by atoms with Gasteiger partial charge in [-0.2, -0.15) is 0 Å². The van der Waals surface area contributed by atoms with Gasteiger partial charge in [-0.3, -0.25) is 9.59 Å². The van der Waals surface area contributed by atoms with Crippen molar-refractivity contribution in [2.24, 2.45) is 5.73 Å². The van der Waals surface area contributed by atoms with Crippen molar-refractivity contribution in [1.82, 2.24) is 15.5 Å². The molecule has 2 unspecified atom stereocenters. The summed E-state index contributed by atoms with van der Waals surface area (Å²) in [5, 5.41) is 13.4. The number of hydrogen-bond donors (Lipinski definition) is 4. The zero-order valence-corrected chi connectivity index (χ0v) is 19.8. The second kappa shape index (κ2) is 14.4. The number of amides is 3. The van der Waals surface area contributed by atoms with E-state index < -0.39 is 47.9 Å². The fourth-order valence-corrected chi connectivity index (χ4v) is 3.20. The van der Waals surface area contributed by atoms with Gasteiger partial charge in [0.25, 0.3) is 0 Å². The fraction of sp³-hybridized carbons (Fsp3) is 0.591. The third-order valence-electron chi connectivity index (χ3n) is 4.85. The number of ether oxygens (including phenoxy) is 2. The molecule has 34 heavy (non-hydrogen) atoms. The Labute approximate surface area is 197 Å². The maximum absolute atomic E-state index is 13.8. The maximum atomic E-state index is 13.8. The van der Waals surface area contributed by atoms with Gasteiger partial charge in [-0.1, -0.05) is 6.07 Å². The first-order chi connectivity index (χ1) is 16.0. The molecule has 0 aliphatic carbocycles. The van der Waals surface area contributed by atoms with Gasteiger partial charge in [0.05, 0.1) is 6.54 Å². The van der Waals surface area contributed by atoms with Gasteiger partial charge < -0.3 is 35.8 Å². The monoisotopic (exact) mass is 488 g/mol. The molecule has 1 aromatic rings. The third kappa shape index (κ3) is 9.20. The van der Waals surface area contributed by atoms with Crippen LogP contribution in [0, 0.1) is 11.6 Å². The van der Waals surface area contributed by atoms with Crippen LogP contribution in [0.25, 0.3) is 0 Å². The van der Waals surface area contributed by atoms with Crippen LogP contribution in [0.1, 0.15) is 33.3 Å². The van der Waals surface area contributed by atoms with Crippen molar-refractivity contribution in [2.45, 2.75) is 58.5 Å². The molecule has 5 N–H and O–H groups in total. The number of rotatable bonds is 14. The first kappa shape index (κ1) is 29.2. The Morgan fingerprint density at radius 3 is 2.15 bits per heavy atom. The summed E-state index contributed by atoms with van der Waals surface area (Å²) in [4.78, 5) is 38.6. The normalized spacial score (nSPS) is 13.0. The van der Waals surface area contributed by atoms with E-state index in [1.807, 2.05) is 5.32 Å². The van der Waals surface area contributed by atoms with Crippen LogP contribution < -0.4 is 16.4 Å². The Bertz CT molecular complexity index is 821. The highest BCUT2D eigenvalue weighted by molar-refractivity contribution is 5.91. The van der Waals surface area contributed by atoms with Crippen molar-refractivity contribution >= 4 is 17.9 Å². The minimum Gasteiger partial charge on any atom is -0.465 e. The van der Waals surface area contributed by atoms with E-state index in [2.05, 4.69) is 5.32 Å². The van der Waals surface area contributed by atoms with Crippen LogP contribution in [-0.4, -0.2) is 78.6 Å². The highest BCUT2D eigenvalue weighted by atomic mass is 19.2. The van der Waals surface area contributed by atoms with Gasteiger partial charge >= 0.3 is 6.09 Å². The van der Waals surface area contributed by atoms with Gasteiger partial charge in [0.2, 0.25) is 11.8 Å². The van der Waals surface area contributed by atoms with Crippen LogP contribution >= 0.6 is 0 Å². The Kier molecular flexibility index (Phi) is 12.4. The van der Waals surface area contributed by atoms with Crippen LogP contribution in [-0.2, 0) is 25.5 Å². The van der Waals surface area contributed by atoms with E-state index in [0.29, 0.717) is 13.2 Å². The minimum atomic E-state index is -1.46. The number of nitrogens with two attached hydrogens (primary N) is 1. The summed E-state index contributed by atoms with van der Waals surface area (Å²) in [7, 11) is 0. The van der Waals surface area contributed by atoms with Crippen LogP contribution in [0.4, 0.5) is 13.6 Å². The lowest BCUT2D eigenvalue weighted by atomic mass is 10.0. The fourth-order valence-electron chi connectivity index (χ4n) is 3.20. The second-order valence-electron chi connectivity index (χ2n) is 7.68. The van der Waals surface area contributed by atoms with Gasteiger partial charge in [-0.05, 0) is 45.4 Å². The predicted molar refractivity (Wildman–Crippen MR) is 120 cm³/mol. The van der Waals surface area contributed by atoms with Crippen LogP contribution in [0.15, 0.2) is 18.2 Å². The van der Waals surface area contributed by atoms with E-state index in [1.54, 1.807) is 27.7 Å². The molecule has 0 bridgehead atoms. The summed E-state index contributed by atoms with van der Waals surface area (Å²) in [5.74, 6) is -3.52. The van der Waals surface area contributed by atoms with Crippen molar-refractivity contribution in [1.29, 1.82) is 0 Å². The summed E-state index contributed by atoms with van der Waals surface area (Å²) in [6.45, 7) is 7.47. The largest absolute Gasteiger partial charge is 0.465 e. The Balaban J connectivity index is 3.25. The Hall–Kier alpha value is -2.83. The number of carbonyl (C=O) groups is 3. The van der Waals surface area contributed by atoms with Gasteiger partial charge in [-0.15, -0.1) is 0 Å². The van der Waals surface area contributed by atoms with Gasteiger partial charge in [0, 0.05) is 32.2 Å². The molecule has 3 amide bonds. The summed E-state index contributed by atoms with van der Waals surface area (Å²) >= 11 is 0. The lowest BCUT2D eigenvalue weighted by molar-refractivity contribution is -0.163. The zero-order valence-electron chi connectivity index (χ0n) is 19.8. The topological polar surface area (TPSA) is 143 Å². The van der Waals surface area contributed by atoms with Gasteiger partial charge in [0.1, 0.15) is 12.1 Å². The van der Waals surface area contributed by atoms with Crippen molar-refractivity contribution in [3.05, 3.63) is 35.4 Å². The molecular formula is C22H34F2N4O6. The number of benzene rings is 1. The zero-order chi connectivity index (χ0) is 25.8. The molecular weight excluding hydrogens is 454 g/mol. The first-order valence-corrected chi connectivity index (χ1v) is 11.0. The van der Waals surface area contributed by atoms with E-state index in [4.69, 9.17) is 20.3 Å². The third-order valence-corrected chi connectivity index (χ3v) is 4.85. The number of hydrogen-bond acceptors (Lipinski definition) is 6. The molecule has 0 aliphatic rings. The molecule has 0 heterocycles. The molecule has 1 aromatic carbocycles. The Morgan fingerprint density at radius 2 is 1.68 bits per heavy atom. The molecule has 1 rings (SSSR count). The van der Waals surface area contributed by atoms with Crippen LogP contribution in [0.3, 0.4) is 0 Å². The number of carbonyl (C=O) groups excluding carboxylic acids is 2. The average Bonchev–Trinajstić information content (AvgIpc) is 2.77. The maximum Gasteiger partial charge on any atom is 0.405 e. The van der Waals surface area contributed by atoms with Crippen LogP contribution in [0.5, 0.6) is 0 Å². The predicted octanol–water partition coefficient (Wildman–Crippen LogP) is 1.22. The molecule has 10 nitrogen and oxygen atoms in total. The van der Waals surface area contributed by atoms with Gasteiger partial charge in [0.15, 0.2) is 17.9 Å². The van der Waals surface area contributed by atoms with E-state index >= 15 is 0 Å². The number of carboxylic acid groups (broad SMARTS) is 1. The Morgan fingerprint density at radius 1 is 1.06 bits per heavy atom. The van der Waals surface area contributed by atoms with E-state index in [1.165, 1.54) is 11.0 Å². The number of nitrogens with one attached hydrogen (secondary N) is 2. The van der Waals surface area contributed by atoms with Crippen molar-refractivity contribution in [3.8, 4) is 0 Å². The molecule has 192 valence electrons. The number of halogens is 2. The molecule has 0 radical (unpaired) electrons. The lowest BCUT2D eigenvalue weighted by Gasteiger charge is -2.34. The molecule has 0 saturated heterocycles. The van der Waals surface area contributed by atoms with Crippen molar-refractivity contribution in [2.75, 3.05) is 26.3 Å². The molecule has 0 aromatic heterocycles. The average molecular weight is 489 g/mol. The first-order valence-electron chi connectivity index (χ1n) is 11.0. The summed E-state index contributed by atoms with van der Waals surface area (Å²) in [5.41, 5.74) is 5.75. The lowest BCUT2D eigenvalue weighted by Crippen LogP contribution is -2.58. The summed E-state index contributed by atoms with van der Waals surface area (Å²) < 4.78 is 38.2. The number of nitrogens with zero attached hydrogens (tertiary/aromatic N) is 1. The van der Waals surface area contributed by atoms with E-state index in [0.717, 1.165) is 12.1 Å². The second-order valence-corrected chi connectivity index (χ2v) is 7.68. The van der Waals surface area contributed by atoms with Crippen molar-refractivity contribution in [3.63, 3.8) is 0 Å². The SMILES string of the molecule is CCOC(CN(C(=O)C(Cc1ccc(F)c(F)c1)NC(=O)C(CN)NC(=O)O)C(C)C)OCC. The molecule has 2 atom stereocenters. The standard InChI is InChI=1S/C22H34F2N4O6/c1-5-33-19(34-6-2)12-28(13(3)4)21(30)17(10-14-7-8-15(23)16(24)9-14)26-20(29)18(11-25)27-22(31)32/h7-9,13,17-19,27H,5-6,10-12,25H2,1-4H3,(H,26,29)(H,31,32). The van der Waals surface area contributed by atoms with E-state index in [-0.39, 0.29) is 31.1 Å².